The maximum Gasteiger partial charge on any atom is 0.269 e. The molecule has 0 aliphatic heterocycles. The Hall–Kier alpha value is -2.40. The van der Waals surface area contributed by atoms with Crippen molar-refractivity contribution in [2.24, 2.45) is 0 Å². The Morgan fingerprint density at radius 1 is 1.13 bits per heavy atom. The molecule has 1 amide bonds. The number of rotatable bonds is 3. The molecule has 2 aromatic carbocycles. The molecule has 0 spiro atoms. The molecular weight excluding hydrogens is 322 g/mol. The highest BCUT2D eigenvalue weighted by molar-refractivity contribution is 6.38. The molecule has 0 saturated carbocycles. The zero-order valence-corrected chi connectivity index (χ0v) is 12.9. The minimum absolute atomic E-state index is 0.168. The van der Waals surface area contributed by atoms with E-state index in [1.165, 1.54) is 30.3 Å². The summed E-state index contributed by atoms with van der Waals surface area (Å²) in [6.07, 6.45) is 0. The van der Waals surface area contributed by atoms with E-state index in [0.717, 1.165) is 5.56 Å². The molecule has 0 fully saturated rings. The molecule has 0 radical (unpaired) electrons. The van der Waals surface area contributed by atoms with E-state index in [-0.39, 0.29) is 22.6 Å². The number of amides is 1. The highest BCUT2D eigenvalue weighted by atomic mass is 35.5. The predicted octanol–water partition coefficient (Wildman–Crippen LogP) is 4.59. The van der Waals surface area contributed by atoms with Gasteiger partial charge in [0.25, 0.3) is 5.91 Å². The van der Waals surface area contributed by atoms with Crippen LogP contribution in [0.1, 0.15) is 29.0 Å². The molecule has 3 aromatic rings. The van der Waals surface area contributed by atoms with E-state index in [1.54, 1.807) is 19.1 Å². The van der Waals surface area contributed by atoms with E-state index in [1.807, 2.05) is 0 Å². The van der Waals surface area contributed by atoms with Gasteiger partial charge in [-0.25, -0.2) is 8.78 Å². The zero-order valence-electron chi connectivity index (χ0n) is 12.2. The van der Waals surface area contributed by atoms with Crippen LogP contribution >= 0.6 is 11.6 Å². The molecule has 1 atom stereocenters. The number of fused-ring (bicyclic) bond motifs is 1. The molecule has 1 aromatic heterocycles. The topological polar surface area (TPSA) is 44.9 Å². The van der Waals surface area contributed by atoms with E-state index in [0.29, 0.717) is 10.9 Å². The SMILES string of the molecule is CC(NC(=O)c1[nH]c2ccc(F)cc2c1Cl)c1ccc(F)cc1. The van der Waals surface area contributed by atoms with Gasteiger partial charge in [-0.2, -0.15) is 0 Å². The van der Waals surface area contributed by atoms with Gasteiger partial charge < -0.3 is 10.3 Å². The van der Waals surface area contributed by atoms with Gasteiger partial charge in [0.1, 0.15) is 17.3 Å². The van der Waals surface area contributed by atoms with Crippen LogP contribution < -0.4 is 5.32 Å². The fourth-order valence-electron chi connectivity index (χ4n) is 2.39. The Labute approximate surface area is 136 Å². The maximum absolute atomic E-state index is 13.3. The lowest BCUT2D eigenvalue weighted by Gasteiger charge is -2.14. The van der Waals surface area contributed by atoms with Gasteiger partial charge in [0.05, 0.1) is 11.1 Å². The van der Waals surface area contributed by atoms with Crippen molar-refractivity contribution in [2.45, 2.75) is 13.0 Å². The van der Waals surface area contributed by atoms with Crippen molar-refractivity contribution in [2.75, 3.05) is 0 Å². The number of H-pyrrole nitrogens is 1. The van der Waals surface area contributed by atoms with Gasteiger partial charge in [-0.1, -0.05) is 23.7 Å². The number of benzene rings is 2. The minimum Gasteiger partial charge on any atom is -0.349 e. The van der Waals surface area contributed by atoms with Gasteiger partial charge in [0.2, 0.25) is 0 Å². The smallest absolute Gasteiger partial charge is 0.269 e. The average Bonchev–Trinajstić information content (AvgIpc) is 2.85. The van der Waals surface area contributed by atoms with Crippen LogP contribution in [-0.4, -0.2) is 10.9 Å². The monoisotopic (exact) mass is 334 g/mol. The normalized spacial score (nSPS) is 12.3. The summed E-state index contributed by atoms with van der Waals surface area (Å²) in [6, 6.07) is 9.61. The van der Waals surface area contributed by atoms with Crippen LogP contribution in [0.3, 0.4) is 0 Å². The molecule has 23 heavy (non-hydrogen) atoms. The lowest BCUT2D eigenvalue weighted by molar-refractivity contribution is 0.0936. The second-order valence-corrected chi connectivity index (χ2v) is 5.63. The van der Waals surface area contributed by atoms with Gasteiger partial charge >= 0.3 is 0 Å². The number of hydrogen-bond acceptors (Lipinski definition) is 1. The third-order valence-electron chi connectivity index (χ3n) is 3.64. The fraction of sp³-hybridized carbons (Fsp3) is 0.118. The molecule has 1 unspecified atom stereocenters. The maximum atomic E-state index is 13.3. The second kappa shape index (κ2) is 6.01. The van der Waals surface area contributed by atoms with Crippen LogP contribution in [0.4, 0.5) is 8.78 Å². The Balaban J connectivity index is 1.85. The van der Waals surface area contributed by atoms with Crippen LogP contribution in [-0.2, 0) is 0 Å². The third kappa shape index (κ3) is 3.05. The average molecular weight is 335 g/mol. The van der Waals surface area contributed by atoms with Gasteiger partial charge in [0.15, 0.2) is 0 Å². The summed E-state index contributed by atoms with van der Waals surface area (Å²) in [5.74, 6) is -1.18. The van der Waals surface area contributed by atoms with Crippen LogP contribution in [0, 0.1) is 11.6 Å². The van der Waals surface area contributed by atoms with Crippen molar-refractivity contribution in [3.8, 4) is 0 Å². The summed E-state index contributed by atoms with van der Waals surface area (Å²) in [4.78, 5) is 15.3. The van der Waals surface area contributed by atoms with E-state index < -0.39 is 11.7 Å². The molecule has 0 aliphatic carbocycles. The lowest BCUT2D eigenvalue weighted by Crippen LogP contribution is -2.27. The Kier molecular flexibility index (Phi) is 4.05. The van der Waals surface area contributed by atoms with Crippen molar-refractivity contribution in [3.63, 3.8) is 0 Å². The Bertz CT molecular complexity index is 874. The van der Waals surface area contributed by atoms with Crippen molar-refractivity contribution >= 4 is 28.4 Å². The first kappa shape index (κ1) is 15.5. The van der Waals surface area contributed by atoms with E-state index >= 15 is 0 Å². The standard InChI is InChI=1S/C17H13ClF2N2O/c1-9(10-2-4-11(19)5-3-10)21-17(23)16-15(18)13-8-12(20)6-7-14(13)22-16/h2-9,22H,1H3,(H,21,23). The molecule has 3 rings (SSSR count). The first-order valence-electron chi connectivity index (χ1n) is 6.99. The van der Waals surface area contributed by atoms with Gasteiger partial charge in [-0.05, 0) is 42.8 Å². The summed E-state index contributed by atoms with van der Waals surface area (Å²) >= 11 is 6.17. The highest BCUT2D eigenvalue weighted by Gasteiger charge is 2.19. The highest BCUT2D eigenvalue weighted by Crippen LogP contribution is 2.28. The lowest BCUT2D eigenvalue weighted by atomic mass is 10.1. The van der Waals surface area contributed by atoms with Crippen molar-refractivity contribution in [1.82, 2.24) is 10.3 Å². The molecule has 0 saturated heterocycles. The molecule has 0 aliphatic rings. The first-order chi connectivity index (χ1) is 11.0. The molecule has 0 bridgehead atoms. The number of halogens is 3. The van der Waals surface area contributed by atoms with E-state index in [4.69, 9.17) is 11.6 Å². The van der Waals surface area contributed by atoms with Gasteiger partial charge in [0, 0.05) is 10.9 Å². The predicted molar refractivity (Wildman–Crippen MR) is 85.5 cm³/mol. The van der Waals surface area contributed by atoms with Crippen LogP contribution in [0.15, 0.2) is 42.5 Å². The van der Waals surface area contributed by atoms with E-state index in [2.05, 4.69) is 10.3 Å². The quantitative estimate of drug-likeness (QED) is 0.723. The number of carbonyl (C=O) groups excluding carboxylic acids is 1. The number of hydrogen-bond donors (Lipinski definition) is 2. The zero-order chi connectivity index (χ0) is 16.6. The van der Waals surface area contributed by atoms with Crippen LogP contribution in [0.2, 0.25) is 5.02 Å². The summed E-state index contributed by atoms with van der Waals surface area (Å²) in [6.45, 7) is 1.78. The molecule has 3 nitrogen and oxygen atoms in total. The number of carbonyl (C=O) groups is 1. The van der Waals surface area contributed by atoms with Gasteiger partial charge in [-0.3, -0.25) is 4.79 Å². The van der Waals surface area contributed by atoms with Crippen molar-refractivity contribution in [1.29, 1.82) is 0 Å². The second-order valence-electron chi connectivity index (χ2n) is 5.25. The number of nitrogens with one attached hydrogen (secondary N) is 2. The number of aromatic nitrogens is 1. The fourth-order valence-corrected chi connectivity index (χ4v) is 2.68. The van der Waals surface area contributed by atoms with Crippen molar-refractivity contribution < 1.29 is 13.6 Å². The molecule has 118 valence electrons. The molecule has 1 heterocycles. The summed E-state index contributed by atoms with van der Waals surface area (Å²) in [7, 11) is 0. The Morgan fingerprint density at radius 3 is 2.48 bits per heavy atom. The summed E-state index contributed by atoms with van der Waals surface area (Å²) in [5, 5.41) is 3.40. The Morgan fingerprint density at radius 2 is 1.78 bits per heavy atom. The minimum atomic E-state index is -0.426. The number of aromatic amines is 1. The van der Waals surface area contributed by atoms with Crippen molar-refractivity contribution in [3.05, 3.63) is 70.4 Å². The largest absolute Gasteiger partial charge is 0.349 e. The third-order valence-corrected chi connectivity index (χ3v) is 4.03. The summed E-state index contributed by atoms with van der Waals surface area (Å²) in [5.41, 5.74) is 1.51. The van der Waals surface area contributed by atoms with Crippen LogP contribution in [0.25, 0.3) is 10.9 Å². The van der Waals surface area contributed by atoms with E-state index in [9.17, 15) is 13.6 Å². The molecule has 2 N–H and O–H groups in total. The molecular formula is C17H13ClF2N2O. The molecule has 6 heteroatoms. The van der Waals surface area contributed by atoms with Crippen LogP contribution in [0.5, 0.6) is 0 Å². The summed E-state index contributed by atoms with van der Waals surface area (Å²) < 4.78 is 26.2. The first-order valence-corrected chi connectivity index (χ1v) is 7.36. The van der Waals surface area contributed by atoms with Gasteiger partial charge in [-0.15, -0.1) is 0 Å².